The molecule has 1 aromatic carbocycles. The topological polar surface area (TPSA) is 64.1 Å². The van der Waals surface area contributed by atoms with E-state index in [1.165, 1.54) is 12.1 Å². The van der Waals surface area contributed by atoms with E-state index < -0.39 is 9.84 Å². The molecule has 1 aromatic heterocycles. The Bertz CT molecular complexity index is 649. The quantitative estimate of drug-likeness (QED) is 0.813. The fraction of sp³-hybridized carbons (Fsp3) is 0. The summed E-state index contributed by atoms with van der Waals surface area (Å²) < 4.78 is 28.1. The van der Waals surface area contributed by atoms with Crippen molar-refractivity contribution in [2.75, 3.05) is 0 Å². The molecule has 0 unspecified atom stereocenters. The summed E-state index contributed by atoms with van der Waals surface area (Å²) in [5, 5.41) is -0.166. The van der Waals surface area contributed by atoms with Gasteiger partial charge in [-0.25, -0.2) is 8.42 Å². The van der Waals surface area contributed by atoms with Crippen LogP contribution in [-0.4, -0.2) is 19.1 Å². The minimum atomic E-state index is -3.78. The van der Waals surface area contributed by atoms with Gasteiger partial charge in [-0.3, -0.25) is 4.79 Å². The minimum absolute atomic E-state index is 0.0128. The molecule has 0 amide bonds. The number of hydrogen-bond acceptors (Lipinski definition) is 5. The molecule has 1 heterocycles. The number of benzene rings is 1. The second-order valence-corrected chi connectivity index (χ2v) is 6.15. The molecular weight excluding hydrogens is 282 g/mol. The van der Waals surface area contributed by atoms with E-state index in [4.69, 9.17) is 11.6 Å². The van der Waals surface area contributed by atoms with Gasteiger partial charge in [0.15, 0.2) is 11.4 Å². The third kappa shape index (κ3) is 2.11. The van der Waals surface area contributed by atoms with Crippen molar-refractivity contribution in [1.29, 1.82) is 0 Å². The highest BCUT2D eigenvalue weighted by atomic mass is 35.5. The van der Waals surface area contributed by atoms with Crippen LogP contribution in [-0.2, 0) is 9.84 Å². The maximum atomic E-state index is 12.2. The van der Waals surface area contributed by atoms with E-state index in [9.17, 15) is 13.2 Å². The average Bonchev–Trinajstić information content (AvgIpc) is 2.72. The summed E-state index contributed by atoms with van der Waals surface area (Å²) in [6, 6.07) is 7.78. The van der Waals surface area contributed by atoms with E-state index in [-0.39, 0.29) is 19.8 Å². The van der Waals surface area contributed by atoms with Gasteiger partial charge in [-0.05, 0) is 23.7 Å². The predicted octanol–water partition coefficient (Wildman–Crippen LogP) is 2.44. The summed E-state index contributed by atoms with van der Waals surface area (Å²) in [4.78, 5) is 10.6. The molecule has 0 spiro atoms. The summed E-state index contributed by atoms with van der Waals surface area (Å²) in [5.74, 6) is 0. The lowest BCUT2D eigenvalue weighted by Crippen LogP contribution is -2.03. The fourth-order valence-electron chi connectivity index (χ4n) is 1.31. The zero-order valence-corrected chi connectivity index (χ0v) is 10.7. The van der Waals surface area contributed by atoms with Gasteiger partial charge in [-0.1, -0.05) is 29.8 Å². The monoisotopic (exact) mass is 287 g/mol. The number of halogens is 1. The lowest BCUT2D eigenvalue weighted by Gasteiger charge is -2.02. The Labute approximate surface area is 107 Å². The van der Waals surface area contributed by atoms with Gasteiger partial charge in [0, 0.05) is 0 Å². The second kappa shape index (κ2) is 4.56. The second-order valence-electron chi connectivity index (χ2n) is 3.10. The van der Waals surface area contributed by atoms with Crippen LogP contribution in [0.3, 0.4) is 0 Å². The molecule has 0 saturated heterocycles. The first-order chi connectivity index (χ1) is 8.07. The van der Waals surface area contributed by atoms with E-state index in [0.29, 0.717) is 6.29 Å². The van der Waals surface area contributed by atoms with Gasteiger partial charge in [0.1, 0.15) is 9.77 Å². The van der Waals surface area contributed by atoms with Crippen molar-refractivity contribution in [3.05, 3.63) is 40.4 Å². The number of aldehydes is 1. The standard InChI is InChI=1S/C10H6ClNO3S2/c11-10-9(8(6-13)16-12-10)17(14,15)7-4-2-1-3-5-7/h1-6H. The van der Waals surface area contributed by atoms with Crippen molar-refractivity contribution >= 4 is 39.3 Å². The molecule has 0 fully saturated rings. The van der Waals surface area contributed by atoms with E-state index in [1.807, 2.05) is 0 Å². The molecule has 4 nitrogen and oxygen atoms in total. The van der Waals surface area contributed by atoms with Crippen LogP contribution in [0.15, 0.2) is 40.1 Å². The largest absolute Gasteiger partial charge is 0.297 e. The van der Waals surface area contributed by atoms with E-state index >= 15 is 0 Å². The molecular formula is C10H6ClNO3S2. The third-order valence-corrected chi connectivity index (χ3v) is 5.29. The normalized spacial score (nSPS) is 11.4. The lowest BCUT2D eigenvalue weighted by molar-refractivity contribution is 0.112. The maximum absolute atomic E-state index is 12.2. The highest BCUT2D eigenvalue weighted by Crippen LogP contribution is 2.31. The van der Waals surface area contributed by atoms with Crippen molar-refractivity contribution in [3.63, 3.8) is 0 Å². The highest BCUT2D eigenvalue weighted by molar-refractivity contribution is 7.91. The van der Waals surface area contributed by atoms with Crippen LogP contribution < -0.4 is 0 Å². The molecule has 2 rings (SSSR count). The summed E-state index contributed by atoms with van der Waals surface area (Å²) in [6.07, 6.45) is 0.444. The highest BCUT2D eigenvalue weighted by Gasteiger charge is 2.27. The average molecular weight is 288 g/mol. The van der Waals surface area contributed by atoms with Crippen molar-refractivity contribution < 1.29 is 13.2 Å². The van der Waals surface area contributed by atoms with Crippen LogP contribution in [0, 0.1) is 0 Å². The first-order valence-corrected chi connectivity index (χ1v) is 7.11. The molecule has 0 aliphatic carbocycles. The third-order valence-electron chi connectivity index (χ3n) is 2.06. The van der Waals surface area contributed by atoms with E-state index in [1.54, 1.807) is 18.2 Å². The summed E-state index contributed by atoms with van der Waals surface area (Å²) in [7, 11) is -3.78. The Kier molecular flexibility index (Phi) is 3.28. The molecule has 2 aromatic rings. The van der Waals surface area contributed by atoms with Crippen molar-refractivity contribution in [3.8, 4) is 0 Å². The Hall–Kier alpha value is -1.24. The van der Waals surface area contributed by atoms with Crippen LogP contribution >= 0.6 is 23.1 Å². The van der Waals surface area contributed by atoms with Crippen LogP contribution in [0.2, 0.25) is 5.15 Å². The molecule has 0 atom stereocenters. The Morgan fingerprint density at radius 3 is 2.47 bits per heavy atom. The van der Waals surface area contributed by atoms with Crippen molar-refractivity contribution in [1.82, 2.24) is 4.37 Å². The predicted molar refractivity (Wildman–Crippen MR) is 64.4 cm³/mol. The number of carbonyl (C=O) groups is 1. The lowest BCUT2D eigenvalue weighted by atomic mass is 10.4. The Morgan fingerprint density at radius 1 is 1.24 bits per heavy atom. The molecule has 0 saturated carbocycles. The van der Waals surface area contributed by atoms with Gasteiger partial charge in [0.2, 0.25) is 9.84 Å². The van der Waals surface area contributed by atoms with Gasteiger partial charge >= 0.3 is 0 Å². The number of nitrogens with zero attached hydrogens (tertiary/aromatic N) is 1. The van der Waals surface area contributed by atoms with Gasteiger partial charge in [0.05, 0.1) is 4.90 Å². The van der Waals surface area contributed by atoms with Crippen LogP contribution in [0.25, 0.3) is 0 Å². The molecule has 17 heavy (non-hydrogen) atoms. The molecule has 0 aliphatic heterocycles. The van der Waals surface area contributed by atoms with Crippen LogP contribution in [0.1, 0.15) is 9.67 Å². The van der Waals surface area contributed by atoms with Gasteiger partial charge in [0.25, 0.3) is 0 Å². The van der Waals surface area contributed by atoms with E-state index in [2.05, 4.69) is 4.37 Å². The summed E-state index contributed by atoms with van der Waals surface area (Å²) in [6.45, 7) is 0. The molecule has 0 aliphatic rings. The summed E-state index contributed by atoms with van der Waals surface area (Å²) in [5.41, 5.74) is 0. The number of sulfone groups is 1. The molecule has 0 bridgehead atoms. The number of carbonyl (C=O) groups excluding carboxylic acids is 1. The van der Waals surface area contributed by atoms with Gasteiger partial charge in [-0.2, -0.15) is 4.37 Å². The number of rotatable bonds is 3. The zero-order valence-electron chi connectivity index (χ0n) is 8.33. The summed E-state index contributed by atoms with van der Waals surface area (Å²) >= 11 is 6.49. The zero-order chi connectivity index (χ0) is 12.5. The Balaban J connectivity index is 2.68. The Morgan fingerprint density at radius 2 is 1.88 bits per heavy atom. The van der Waals surface area contributed by atoms with E-state index in [0.717, 1.165) is 11.5 Å². The van der Waals surface area contributed by atoms with Crippen molar-refractivity contribution in [2.45, 2.75) is 9.79 Å². The SMILES string of the molecule is O=Cc1snc(Cl)c1S(=O)(=O)c1ccccc1. The number of aromatic nitrogens is 1. The molecule has 0 radical (unpaired) electrons. The van der Waals surface area contributed by atoms with Crippen molar-refractivity contribution in [2.24, 2.45) is 0 Å². The molecule has 88 valence electrons. The smallest absolute Gasteiger partial charge is 0.211 e. The first kappa shape index (κ1) is 12.2. The fourth-order valence-corrected chi connectivity index (χ4v) is 4.20. The molecule has 7 heteroatoms. The molecule has 0 N–H and O–H groups in total. The van der Waals surface area contributed by atoms with Gasteiger partial charge < -0.3 is 0 Å². The first-order valence-electron chi connectivity index (χ1n) is 4.48. The number of hydrogen-bond donors (Lipinski definition) is 0. The van der Waals surface area contributed by atoms with Gasteiger partial charge in [-0.15, -0.1) is 0 Å². The maximum Gasteiger partial charge on any atom is 0.211 e. The van der Waals surface area contributed by atoms with Crippen LogP contribution in [0.4, 0.5) is 0 Å². The van der Waals surface area contributed by atoms with Crippen LogP contribution in [0.5, 0.6) is 0 Å². The minimum Gasteiger partial charge on any atom is -0.297 e.